The number of nitrogens with two attached hydrogens (primary N) is 1. The zero-order chi connectivity index (χ0) is 21.9. The number of hydrogen-bond donors (Lipinski definition) is 2. The molecule has 0 saturated carbocycles. The van der Waals surface area contributed by atoms with Crippen molar-refractivity contribution in [2.75, 3.05) is 36.2 Å². The second kappa shape index (κ2) is 9.09. The van der Waals surface area contributed by atoms with Gasteiger partial charge in [0.05, 0.1) is 40.4 Å². The number of pyridine rings is 2. The van der Waals surface area contributed by atoms with E-state index in [-0.39, 0.29) is 6.04 Å². The van der Waals surface area contributed by atoms with Gasteiger partial charge in [-0.25, -0.2) is 9.19 Å². The van der Waals surface area contributed by atoms with Gasteiger partial charge in [-0.2, -0.15) is 4.36 Å². The highest BCUT2D eigenvalue weighted by atomic mass is 32.2. The maximum absolute atomic E-state index is 13.2. The van der Waals surface area contributed by atoms with Gasteiger partial charge >= 0.3 is 0 Å². The van der Waals surface area contributed by atoms with Gasteiger partial charge in [-0.05, 0) is 25.5 Å². The summed E-state index contributed by atoms with van der Waals surface area (Å²) in [6.07, 6.45) is 4.34. The summed E-state index contributed by atoms with van der Waals surface area (Å²) in [5, 5.41) is 8.16. The summed E-state index contributed by atoms with van der Waals surface area (Å²) in [5.74, 6) is 1.69. The van der Waals surface area contributed by atoms with E-state index in [1.54, 1.807) is 6.20 Å². The molecule has 0 bridgehead atoms. The number of aryl methyl sites for hydroxylation is 1. The smallest absolute Gasteiger partial charge is 0.131 e. The minimum atomic E-state index is -2.38. The van der Waals surface area contributed by atoms with Gasteiger partial charge in [-0.3, -0.25) is 4.98 Å². The average Bonchev–Trinajstić information content (AvgIpc) is 2.74. The topological polar surface area (TPSA) is 118 Å². The molecule has 0 aliphatic carbocycles. The first-order valence-electron chi connectivity index (χ1n) is 10.2. The van der Waals surface area contributed by atoms with Crippen LogP contribution in [0, 0.1) is 12.3 Å². The summed E-state index contributed by atoms with van der Waals surface area (Å²) in [4.78, 5) is 11.6. The molecule has 0 radical (unpaired) electrons. The Balaban J connectivity index is 2.39. The van der Waals surface area contributed by atoms with Gasteiger partial charge < -0.3 is 20.8 Å². The number of allylic oxidation sites excluding steroid dienone is 1. The first-order valence-corrected chi connectivity index (χ1v) is 12.0. The molecule has 9 heteroatoms. The molecule has 1 atom stereocenters. The largest absolute Gasteiger partial charge is 0.397 e. The Morgan fingerprint density at radius 1 is 1.47 bits per heavy atom. The number of nitrogens with one attached hydrogen (secondary N) is 1. The second-order valence-corrected chi connectivity index (χ2v) is 10.2. The molecule has 0 spiro atoms. The molecule has 3 heterocycles. The van der Waals surface area contributed by atoms with Crippen LogP contribution >= 0.6 is 0 Å². The molecule has 0 unspecified atom stereocenters. The quantitative estimate of drug-likeness (QED) is 0.679. The molecule has 1 saturated heterocycles. The molecular formula is C21H30N6O2S. The van der Waals surface area contributed by atoms with Crippen molar-refractivity contribution in [2.45, 2.75) is 33.7 Å². The van der Waals surface area contributed by atoms with E-state index in [1.165, 1.54) is 6.08 Å². The lowest BCUT2D eigenvalue weighted by molar-refractivity contribution is 0.0986. The van der Waals surface area contributed by atoms with Gasteiger partial charge in [-0.1, -0.05) is 13.8 Å². The summed E-state index contributed by atoms with van der Waals surface area (Å²) in [7, 11) is -2.38. The van der Waals surface area contributed by atoms with Crippen molar-refractivity contribution in [2.24, 2.45) is 10.1 Å². The van der Waals surface area contributed by atoms with Crippen LogP contribution in [0.3, 0.4) is 0 Å². The number of hydrogen-bond acceptors (Lipinski definition) is 8. The summed E-state index contributed by atoms with van der Waals surface area (Å²) in [5.41, 5.74) is 9.18. The Morgan fingerprint density at radius 3 is 2.83 bits per heavy atom. The molecule has 1 aliphatic heterocycles. The highest BCUT2D eigenvalue weighted by Crippen LogP contribution is 2.35. The van der Waals surface area contributed by atoms with E-state index in [9.17, 15) is 4.21 Å². The summed E-state index contributed by atoms with van der Waals surface area (Å²) in [6, 6.07) is 2.07. The lowest BCUT2D eigenvalue weighted by Crippen LogP contribution is -2.44. The third kappa shape index (κ3) is 4.32. The molecule has 3 N–H and O–H groups in total. The molecule has 2 aromatic rings. The molecule has 3 rings (SSSR count). The predicted molar refractivity (Wildman–Crippen MR) is 124 cm³/mol. The van der Waals surface area contributed by atoms with Crippen LogP contribution in [0.4, 0.5) is 11.5 Å². The fraction of sp³-hybridized carbons (Fsp3) is 0.476. The van der Waals surface area contributed by atoms with E-state index in [0.717, 1.165) is 23.0 Å². The molecule has 1 aliphatic rings. The van der Waals surface area contributed by atoms with Crippen LogP contribution in [0.5, 0.6) is 0 Å². The lowest BCUT2D eigenvalue weighted by Gasteiger charge is -2.34. The minimum Gasteiger partial charge on any atom is -0.397 e. The van der Waals surface area contributed by atoms with Gasteiger partial charge in [0.2, 0.25) is 0 Å². The fourth-order valence-corrected chi connectivity index (χ4v) is 4.71. The number of nitrogens with zero attached hydrogens (tertiary/aromatic N) is 4. The highest BCUT2D eigenvalue weighted by Gasteiger charge is 2.23. The molecule has 1 fully saturated rings. The van der Waals surface area contributed by atoms with Gasteiger partial charge in [0.25, 0.3) is 0 Å². The van der Waals surface area contributed by atoms with Crippen LogP contribution in [0.1, 0.15) is 32.0 Å². The average molecular weight is 431 g/mol. The maximum atomic E-state index is 13.2. The third-order valence-electron chi connectivity index (χ3n) is 5.36. The number of rotatable bonds is 6. The van der Waals surface area contributed by atoms with E-state index in [2.05, 4.69) is 16.8 Å². The molecule has 0 amide bonds. The normalized spacial score (nSPS) is 17.9. The van der Waals surface area contributed by atoms with Gasteiger partial charge in [-0.15, -0.1) is 0 Å². The van der Waals surface area contributed by atoms with Crippen molar-refractivity contribution in [1.29, 1.82) is 5.41 Å². The van der Waals surface area contributed by atoms with Crippen LogP contribution < -0.4 is 10.6 Å². The standard InChI is InChI=1S/C21H30N6O2S/c1-5-30(28,6-2)26-17-11-18(27-9-10-29-13-15(27)4)25-21-19(17)14(3)12-24-20(21)16(23)7-8-22/h7-8,11-12,15,22H,5-6,9-10,13,23H2,1-4H3/b16-7-,22-8?/t15-/m1/s1. The fourth-order valence-electron chi connectivity index (χ4n) is 3.54. The third-order valence-corrected chi connectivity index (χ3v) is 7.69. The van der Waals surface area contributed by atoms with E-state index in [1.807, 2.05) is 26.8 Å². The van der Waals surface area contributed by atoms with Crippen LogP contribution in [0.25, 0.3) is 16.6 Å². The van der Waals surface area contributed by atoms with Crippen LogP contribution in [-0.4, -0.2) is 57.7 Å². The molecule has 0 aromatic carbocycles. The van der Waals surface area contributed by atoms with Crippen LogP contribution in [-0.2, 0) is 14.5 Å². The Hall–Kier alpha value is -2.52. The van der Waals surface area contributed by atoms with Gasteiger partial charge in [0.1, 0.15) is 17.0 Å². The number of anilines is 1. The molecule has 162 valence electrons. The van der Waals surface area contributed by atoms with Crippen molar-refractivity contribution in [3.63, 3.8) is 0 Å². The van der Waals surface area contributed by atoms with Crippen molar-refractivity contribution in [3.05, 3.63) is 29.6 Å². The summed E-state index contributed by atoms with van der Waals surface area (Å²) < 4.78 is 23.5. The van der Waals surface area contributed by atoms with Crippen LogP contribution in [0.2, 0.25) is 0 Å². The Kier molecular flexibility index (Phi) is 6.72. The lowest BCUT2D eigenvalue weighted by atomic mass is 10.1. The van der Waals surface area contributed by atoms with E-state index < -0.39 is 9.73 Å². The number of fused-ring (bicyclic) bond motifs is 1. The van der Waals surface area contributed by atoms with Crippen molar-refractivity contribution in [1.82, 2.24) is 9.97 Å². The SMILES string of the molecule is CCS(=O)(CC)=Nc1cc(N2CCOC[C@H]2C)nc2c(/C(N)=C/C=N)ncc(C)c12. The monoisotopic (exact) mass is 430 g/mol. The van der Waals surface area contributed by atoms with E-state index in [4.69, 9.17) is 25.2 Å². The zero-order valence-electron chi connectivity index (χ0n) is 18.0. The highest BCUT2D eigenvalue weighted by molar-refractivity contribution is 7.93. The first kappa shape index (κ1) is 22.2. The predicted octanol–water partition coefficient (Wildman–Crippen LogP) is 3.25. The number of aromatic nitrogens is 2. The van der Waals surface area contributed by atoms with Crippen LogP contribution in [0.15, 0.2) is 22.7 Å². The van der Waals surface area contributed by atoms with Gasteiger partial charge in [0.15, 0.2) is 0 Å². The summed E-state index contributed by atoms with van der Waals surface area (Å²) in [6.45, 7) is 9.75. The zero-order valence-corrected chi connectivity index (χ0v) is 18.8. The Labute approximate surface area is 178 Å². The van der Waals surface area contributed by atoms with E-state index in [0.29, 0.717) is 53.9 Å². The molecule has 2 aromatic heterocycles. The van der Waals surface area contributed by atoms with Crippen molar-refractivity contribution >= 4 is 44.0 Å². The maximum Gasteiger partial charge on any atom is 0.131 e. The Morgan fingerprint density at radius 2 is 2.20 bits per heavy atom. The number of ether oxygens (including phenoxy) is 1. The molecular weight excluding hydrogens is 400 g/mol. The first-order chi connectivity index (χ1) is 14.3. The van der Waals surface area contributed by atoms with Gasteiger partial charge in [0, 0.05) is 41.9 Å². The second-order valence-electron chi connectivity index (χ2n) is 7.36. The van der Waals surface area contributed by atoms with Crippen molar-refractivity contribution < 1.29 is 8.95 Å². The molecule has 8 nitrogen and oxygen atoms in total. The van der Waals surface area contributed by atoms with E-state index >= 15 is 0 Å². The minimum absolute atomic E-state index is 0.147. The number of morpholine rings is 1. The molecule has 30 heavy (non-hydrogen) atoms. The van der Waals surface area contributed by atoms with Crippen molar-refractivity contribution in [3.8, 4) is 0 Å². The summed E-state index contributed by atoms with van der Waals surface area (Å²) >= 11 is 0. The Bertz CT molecular complexity index is 1090.